The maximum absolute atomic E-state index is 13.4. The third kappa shape index (κ3) is 1.19. The van der Waals surface area contributed by atoms with Crippen molar-refractivity contribution < 1.29 is 23.5 Å². The van der Waals surface area contributed by atoms with Gasteiger partial charge in [0.2, 0.25) is 0 Å². The summed E-state index contributed by atoms with van der Waals surface area (Å²) in [5, 5.41) is 0. The Morgan fingerprint density at radius 2 is 1.96 bits per heavy atom. The number of rotatable bonds is 1. The zero-order valence-electron chi connectivity index (χ0n) is 14.7. The molecule has 6 rings (SSSR count). The molecule has 1 aromatic heterocycles. The summed E-state index contributed by atoms with van der Waals surface area (Å²) < 4.78 is 17.0. The van der Waals surface area contributed by atoms with Crippen LogP contribution in [0.5, 0.6) is 0 Å². The lowest BCUT2D eigenvalue weighted by atomic mass is 9.50. The van der Waals surface area contributed by atoms with Gasteiger partial charge in [0, 0.05) is 28.7 Å². The fourth-order valence-electron chi connectivity index (χ4n) is 7.43. The minimum Gasteiger partial charge on any atom is -0.472 e. The Morgan fingerprint density at radius 1 is 1.16 bits per heavy atom. The van der Waals surface area contributed by atoms with E-state index in [0.717, 1.165) is 18.4 Å². The zero-order valence-corrected chi connectivity index (χ0v) is 14.7. The molecule has 0 bridgehead atoms. The van der Waals surface area contributed by atoms with Gasteiger partial charge >= 0.3 is 5.97 Å². The van der Waals surface area contributed by atoms with Crippen molar-refractivity contribution in [1.29, 1.82) is 0 Å². The van der Waals surface area contributed by atoms with E-state index in [2.05, 4.69) is 20.8 Å². The Balaban J connectivity index is 1.51. The van der Waals surface area contributed by atoms with E-state index in [0.29, 0.717) is 12.3 Å². The number of carbonyl (C=O) groups excluding carboxylic acids is 2. The van der Waals surface area contributed by atoms with E-state index in [1.807, 2.05) is 6.07 Å². The minimum absolute atomic E-state index is 0.0621. The number of carbonyl (C=O) groups is 2. The molecule has 5 aliphatic rings. The van der Waals surface area contributed by atoms with Crippen LogP contribution in [0.25, 0.3) is 0 Å². The molecule has 2 aliphatic heterocycles. The van der Waals surface area contributed by atoms with Crippen LogP contribution < -0.4 is 0 Å². The molecular weight excluding hydrogens is 320 g/mol. The molecule has 5 nitrogen and oxygen atoms in total. The number of esters is 1. The number of hydrogen-bond acceptors (Lipinski definition) is 5. The molecule has 0 radical (unpaired) electrons. The fraction of sp³-hybridized carbons (Fsp3) is 0.700. The van der Waals surface area contributed by atoms with Crippen molar-refractivity contribution in [1.82, 2.24) is 0 Å². The number of ether oxygens (including phenoxy) is 2. The average molecular weight is 342 g/mol. The van der Waals surface area contributed by atoms with Crippen LogP contribution in [0.4, 0.5) is 0 Å². The normalized spacial score (nSPS) is 57.9. The summed E-state index contributed by atoms with van der Waals surface area (Å²) >= 11 is 0. The number of furan rings is 1. The summed E-state index contributed by atoms with van der Waals surface area (Å²) in [6.07, 6.45) is 5.60. The topological polar surface area (TPSA) is 69.0 Å². The van der Waals surface area contributed by atoms with Crippen LogP contribution in [0.15, 0.2) is 23.0 Å². The van der Waals surface area contributed by atoms with E-state index in [1.54, 1.807) is 12.5 Å². The van der Waals surface area contributed by atoms with E-state index >= 15 is 0 Å². The van der Waals surface area contributed by atoms with E-state index in [-0.39, 0.29) is 46.3 Å². The van der Waals surface area contributed by atoms with Crippen molar-refractivity contribution in [2.75, 3.05) is 0 Å². The standard InChI is InChI=1S/C20H22O5/c1-17-8-12(21)20-15(14(24-16(20)22)10-6-7-23-9-10)18(20,2)11(17)4-5-13-19(17,3)25-13/h6-7,9,11,13-15H,4-5,8H2,1-3H3. The molecule has 1 aromatic rings. The molecule has 8 atom stereocenters. The van der Waals surface area contributed by atoms with Gasteiger partial charge in [-0.1, -0.05) is 13.8 Å². The summed E-state index contributed by atoms with van der Waals surface area (Å²) in [5.41, 5.74) is -0.838. The Kier molecular flexibility index (Phi) is 2.17. The first-order chi connectivity index (χ1) is 11.8. The third-order valence-electron chi connectivity index (χ3n) is 8.87. The van der Waals surface area contributed by atoms with Crippen molar-refractivity contribution in [3.63, 3.8) is 0 Å². The third-order valence-corrected chi connectivity index (χ3v) is 8.87. The second-order valence-corrected chi connectivity index (χ2v) is 9.31. The van der Waals surface area contributed by atoms with Crippen molar-refractivity contribution in [2.24, 2.45) is 28.1 Å². The molecular formula is C20H22O5. The maximum Gasteiger partial charge on any atom is 0.321 e. The number of hydrogen-bond donors (Lipinski definition) is 0. The van der Waals surface area contributed by atoms with Crippen LogP contribution in [0.1, 0.15) is 51.7 Å². The van der Waals surface area contributed by atoms with Gasteiger partial charge in [0.05, 0.1) is 24.2 Å². The Hall–Kier alpha value is -1.62. The summed E-state index contributed by atoms with van der Waals surface area (Å²) in [6, 6.07) is 1.84. The van der Waals surface area contributed by atoms with E-state index in [1.165, 1.54) is 0 Å². The van der Waals surface area contributed by atoms with Gasteiger partial charge in [-0.2, -0.15) is 0 Å². The largest absolute Gasteiger partial charge is 0.472 e. The van der Waals surface area contributed by atoms with Gasteiger partial charge in [0.1, 0.15) is 11.5 Å². The highest BCUT2D eigenvalue weighted by atomic mass is 16.6. The number of ketones is 1. The molecule has 132 valence electrons. The van der Waals surface area contributed by atoms with Gasteiger partial charge in [-0.3, -0.25) is 9.59 Å². The number of Topliss-reactive ketones (excluding diaryl/α,β-unsaturated/α-hetero) is 1. The van der Waals surface area contributed by atoms with Gasteiger partial charge in [-0.15, -0.1) is 0 Å². The average Bonchev–Trinajstić information content (AvgIpc) is 3.18. The molecule has 0 N–H and O–H groups in total. The van der Waals surface area contributed by atoms with Crippen LogP contribution in [-0.4, -0.2) is 23.5 Å². The van der Waals surface area contributed by atoms with Crippen molar-refractivity contribution >= 4 is 11.8 Å². The zero-order chi connectivity index (χ0) is 17.4. The highest BCUT2D eigenvalue weighted by Crippen LogP contribution is 2.88. The number of epoxide rings is 1. The smallest absolute Gasteiger partial charge is 0.321 e. The van der Waals surface area contributed by atoms with Crippen LogP contribution in [0.2, 0.25) is 0 Å². The Morgan fingerprint density at radius 3 is 2.68 bits per heavy atom. The molecule has 1 spiro atoms. The first kappa shape index (κ1) is 14.5. The van der Waals surface area contributed by atoms with Gasteiger partial charge < -0.3 is 13.9 Å². The Labute approximate surface area is 146 Å². The first-order valence-corrected chi connectivity index (χ1v) is 9.26. The van der Waals surface area contributed by atoms with Crippen LogP contribution >= 0.6 is 0 Å². The van der Waals surface area contributed by atoms with Gasteiger partial charge in [-0.05, 0) is 31.7 Å². The predicted molar refractivity (Wildman–Crippen MR) is 85.3 cm³/mol. The quantitative estimate of drug-likeness (QED) is 0.446. The molecule has 0 aromatic carbocycles. The van der Waals surface area contributed by atoms with Crippen LogP contribution in [0.3, 0.4) is 0 Å². The van der Waals surface area contributed by atoms with Gasteiger partial charge in [0.15, 0.2) is 5.78 Å². The molecule has 8 unspecified atom stereocenters. The summed E-state index contributed by atoms with van der Waals surface area (Å²) in [7, 11) is 0. The van der Waals surface area contributed by atoms with E-state index in [9.17, 15) is 9.59 Å². The van der Waals surface area contributed by atoms with E-state index in [4.69, 9.17) is 13.9 Å². The van der Waals surface area contributed by atoms with Gasteiger partial charge in [-0.25, -0.2) is 0 Å². The summed E-state index contributed by atoms with van der Waals surface area (Å²) in [5.74, 6) is -0.0358. The SMILES string of the molecule is CC12CC(=O)C34C(=O)OC(c5ccoc5)C3C4(C)C1CCC1OC12C. The fourth-order valence-corrected chi connectivity index (χ4v) is 7.43. The number of cyclic esters (lactones) is 1. The highest BCUT2D eigenvalue weighted by molar-refractivity contribution is 6.12. The second kappa shape index (κ2) is 3.73. The van der Waals surface area contributed by atoms with Crippen LogP contribution in [0, 0.1) is 28.1 Å². The summed E-state index contributed by atoms with van der Waals surface area (Å²) in [6.45, 7) is 6.51. The molecule has 5 fully saturated rings. The minimum atomic E-state index is -0.947. The molecule has 0 amide bonds. The van der Waals surface area contributed by atoms with Crippen molar-refractivity contribution in [3.05, 3.63) is 24.2 Å². The van der Waals surface area contributed by atoms with Crippen molar-refractivity contribution in [3.8, 4) is 0 Å². The molecule has 25 heavy (non-hydrogen) atoms. The molecule has 2 saturated heterocycles. The molecule has 5 heteroatoms. The molecule has 3 aliphatic carbocycles. The lowest BCUT2D eigenvalue weighted by Gasteiger charge is -2.51. The number of fused-ring (bicyclic) bond motifs is 5. The molecule has 3 saturated carbocycles. The second-order valence-electron chi connectivity index (χ2n) is 9.31. The lowest BCUT2D eigenvalue weighted by molar-refractivity contribution is -0.165. The predicted octanol–water partition coefficient (Wildman–Crippen LogP) is 3.05. The van der Waals surface area contributed by atoms with Crippen molar-refractivity contribution in [2.45, 2.75) is 57.8 Å². The summed E-state index contributed by atoms with van der Waals surface area (Å²) in [4.78, 5) is 26.3. The first-order valence-electron chi connectivity index (χ1n) is 9.26. The monoisotopic (exact) mass is 342 g/mol. The van der Waals surface area contributed by atoms with E-state index < -0.39 is 5.41 Å². The maximum atomic E-state index is 13.4. The molecule has 3 heterocycles. The Bertz CT molecular complexity index is 829. The van der Waals surface area contributed by atoms with Gasteiger partial charge in [0.25, 0.3) is 0 Å². The van der Waals surface area contributed by atoms with Crippen LogP contribution in [-0.2, 0) is 19.1 Å². The lowest BCUT2D eigenvalue weighted by Crippen LogP contribution is -2.56. The highest BCUT2D eigenvalue weighted by Gasteiger charge is 2.94.